The van der Waals surface area contributed by atoms with Crippen molar-refractivity contribution in [3.63, 3.8) is 0 Å². The predicted molar refractivity (Wildman–Crippen MR) is 145 cm³/mol. The van der Waals surface area contributed by atoms with Gasteiger partial charge in [-0.2, -0.15) is 0 Å². The van der Waals surface area contributed by atoms with Gasteiger partial charge in [0.15, 0.2) is 0 Å². The van der Waals surface area contributed by atoms with Crippen LogP contribution in [0.4, 0.5) is 0 Å². The van der Waals surface area contributed by atoms with E-state index in [1.807, 2.05) is 87.5 Å². The minimum absolute atomic E-state index is 0.0700. The molecule has 0 saturated carbocycles. The summed E-state index contributed by atoms with van der Waals surface area (Å²) in [4.78, 5) is 0. The fourth-order valence-corrected chi connectivity index (χ4v) is 3.72. The molecule has 0 aromatic heterocycles. The standard InChI is InChI=1S/C31H38O5/c1-5-27(32)19-35-29-15-11-25(12-16-29)31(23(4)24-9-7-6-8-10-24)26-13-17-30(18-14-26)36-21-28(33)20-34-22(2)3/h6-18,22,27-28,32-33H,5,19-21H2,1-4H3/b31-23+. The Morgan fingerprint density at radius 1 is 0.667 bits per heavy atom. The molecule has 0 heterocycles. The van der Waals surface area contributed by atoms with Gasteiger partial charge in [0.05, 0.1) is 18.8 Å². The summed E-state index contributed by atoms with van der Waals surface area (Å²) in [6.07, 6.45) is -0.418. The van der Waals surface area contributed by atoms with Crippen LogP contribution in [0.5, 0.6) is 11.5 Å². The van der Waals surface area contributed by atoms with E-state index in [-0.39, 0.29) is 25.9 Å². The SMILES string of the molecule is CCC(O)COc1ccc(/C(=C(/C)c2ccccc2)c2ccc(OCC(O)COC(C)C)cc2)cc1. The van der Waals surface area contributed by atoms with E-state index in [1.54, 1.807) is 0 Å². The number of aliphatic hydroxyl groups is 2. The minimum atomic E-state index is -0.679. The average molecular weight is 491 g/mol. The van der Waals surface area contributed by atoms with Gasteiger partial charge in [-0.05, 0) is 79.3 Å². The van der Waals surface area contributed by atoms with Crippen LogP contribution in [0.2, 0.25) is 0 Å². The second-order valence-corrected chi connectivity index (χ2v) is 9.13. The summed E-state index contributed by atoms with van der Waals surface area (Å²) in [7, 11) is 0. The molecule has 0 aliphatic rings. The topological polar surface area (TPSA) is 68.2 Å². The van der Waals surface area contributed by atoms with E-state index >= 15 is 0 Å². The van der Waals surface area contributed by atoms with Crippen molar-refractivity contribution >= 4 is 11.1 Å². The number of hydrogen-bond acceptors (Lipinski definition) is 5. The highest BCUT2D eigenvalue weighted by molar-refractivity contribution is 5.98. The Bertz CT molecular complexity index is 1070. The third-order valence-electron chi connectivity index (χ3n) is 5.85. The first-order valence-electron chi connectivity index (χ1n) is 12.6. The van der Waals surface area contributed by atoms with Gasteiger partial charge in [0, 0.05) is 0 Å². The lowest BCUT2D eigenvalue weighted by Gasteiger charge is -2.17. The van der Waals surface area contributed by atoms with Crippen molar-refractivity contribution in [3.05, 3.63) is 95.6 Å². The summed E-state index contributed by atoms with van der Waals surface area (Å²) in [6.45, 7) is 8.63. The highest BCUT2D eigenvalue weighted by atomic mass is 16.5. The number of hydrogen-bond donors (Lipinski definition) is 2. The van der Waals surface area contributed by atoms with E-state index in [1.165, 1.54) is 0 Å². The lowest BCUT2D eigenvalue weighted by molar-refractivity contribution is -0.0122. The smallest absolute Gasteiger partial charge is 0.119 e. The molecular weight excluding hydrogens is 452 g/mol. The van der Waals surface area contributed by atoms with Crippen LogP contribution in [0, 0.1) is 0 Å². The number of rotatable bonds is 13. The molecule has 3 aromatic carbocycles. The Balaban J connectivity index is 1.83. The second kappa shape index (κ2) is 13.8. The van der Waals surface area contributed by atoms with Crippen molar-refractivity contribution in [2.24, 2.45) is 0 Å². The van der Waals surface area contributed by atoms with Crippen LogP contribution < -0.4 is 9.47 Å². The molecule has 3 rings (SSSR count). The van der Waals surface area contributed by atoms with Gasteiger partial charge < -0.3 is 24.4 Å². The maximum atomic E-state index is 10.1. The Morgan fingerprint density at radius 3 is 1.64 bits per heavy atom. The lowest BCUT2D eigenvalue weighted by Crippen LogP contribution is -2.25. The van der Waals surface area contributed by atoms with Gasteiger partial charge in [0.2, 0.25) is 0 Å². The second-order valence-electron chi connectivity index (χ2n) is 9.13. The molecule has 2 N–H and O–H groups in total. The molecule has 0 saturated heterocycles. The summed E-state index contributed by atoms with van der Waals surface area (Å²) in [5, 5.41) is 19.9. The zero-order valence-corrected chi connectivity index (χ0v) is 21.7. The molecule has 0 fully saturated rings. The van der Waals surface area contributed by atoms with Gasteiger partial charge in [0.1, 0.15) is 30.8 Å². The number of benzene rings is 3. The van der Waals surface area contributed by atoms with E-state index < -0.39 is 12.2 Å². The molecule has 192 valence electrons. The quantitative estimate of drug-likeness (QED) is 0.289. The third kappa shape index (κ3) is 8.23. The molecule has 2 unspecified atom stereocenters. The fraction of sp³-hybridized carbons (Fsp3) is 0.355. The first-order valence-corrected chi connectivity index (χ1v) is 12.6. The maximum absolute atomic E-state index is 10.1. The van der Waals surface area contributed by atoms with E-state index in [9.17, 15) is 10.2 Å². The maximum Gasteiger partial charge on any atom is 0.119 e. The van der Waals surface area contributed by atoms with Crippen LogP contribution in [0.25, 0.3) is 11.1 Å². The van der Waals surface area contributed by atoms with E-state index in [2.05, 4.69) is 19.1 Å². The average Bonchev–Trinajstić information content (AvgIpc) is 2.91. The molecule has 0 amide bonds. The van der Waals surface area contributed by atoms with Crippen LogP contribution in [-0.2, 0) is 4.74 Å². The number of ether oxygens (including phenoxy) is 3. The summed E-state index contributed by atoms with van der Waals surface area (Å²) >= 11 is 0. The normalized spacial score (nSPS) is 13.8. The molecule has 0 spiro atoms. The molecule has 5 nitrogen and oxygen atoms in total. The lowest BCUT2D eigenvalue weighted by atomic mass is 9.90. The zero-order valence-electron chi connectivity index (χ0n) is 21.7. The largest absolute Gasteiger partial charge is 0.491 e. The predicted octanol–water partition coefficient (Wildman–Crippen LogP) is 5.98. The molecular formula is C31H38O5. The van der Waals surface area contributed by atoms with Crippen LogP contribution >= 0.6 is 0 Å². The van der Waals surface area contributed by atoms with Crippen molar-refractivity contribution in [1.82, 2.24) is 0 Å². The molecule has 0 aliphatic heterocycles. The monoisotopic (exact) mass is 490 g/mol. The van der Waals surface area contributed by atoms with Crippen molar-refractivity contribution in [1.29, 1.82) is 0 Å². The van der Waals surface area contributed by atoms with E-state index in [0.29, 0.717) is 12.2 Å². The Kier molecular flexibility index (Phi) is 10.6. The Labute approximate surface area is 215 Å². The van der Waals surface area contributed by atoms with Gasteiger partial charge in [-0.1, -0.05) is 61.5 Å². The molecule has 3 aromatic rings. The van der Waals surface area contributed by atoms with Crippen LogP contribution in [0.3, 0.4) is 0 Å². The highest BCUT2D eigenvalue weighted by Crippen LogP contribution is 2.33. The van der Waals surface area contributed by atoms with Gasteiger partial charge in [-0.3, -0.25) is 0 Å². The van der Waals surface area contributed by atoms with E-state index in [4.69, 9.17) is 14.2 Å². The van der Waals surface area contributed by atoms with Gasteiger partial charge in [-0.25, -0.2) is 0 Å². The van der Waals surface area contributed by atoms with Crippen molar-refractivity contribution < 1.29 is 24.4 Å². The molecule has 36 heavy (non-hydrogen) atoms. The Hall–Kier alpha value is -3.12. The minimum Gasteiger partial charge on any atom is -0.491 e. The van der Waals surface area contributed by atoms with Crippen molar-refractivity contribution in [2.75, 3.05) is 19.8 Å². The summed E-state index contributed by atoms with van der Waals surface area (Å²) < 4.78 is 16.9. The van der Waals surface area contributed by atoms with Gasteiger partial charge in [0.25, 0.3) is 0 Å². The van der Waals surface area contributed by atoms with E-state index in [0.717, 1.165) is 33.6 Å². The fourth-order valence-electron chi connectivity index (χ4n) is 3.72. The molecule has 2 atom stereocenters. The first kappa shape index (κ1) is 27.5. The zero-order chi connectivity index (χ0) is 25.9. The molecule has 0 aliphatic carbocycles. The van der Waals surface area contributed by atoms with Crippen LogP contribution in [-0.4, -0.2) is 48.3 Å². The van der Waals surface area contributed by atoms with Crippen molar-refractivity contribution in [2.45, 2.75) is 52.4 Å². The Morgan fingerprint density at radius 2 is 1.17 bits per heavy atom. The summed E-state index contributed by atoms with van der Waals surface area (Å²) in [5.74, 6) is 1.42. The van der Waals surface area contributed by atoms with Gasteiger partial charge >= 0.3 is 0 Å². The van der Waals surface area contributed by atoms with Crippen LogP contribution in [0.1, 0.15) is 50.8 Å². The summed E-state index contributed by atoms with van der Waals surface area (Å²) in [6, 6.07) is 26.2. The third-order valence-corrected chi connectivity index (χ3v) is 5.85. The molecule has 0 bridgehead atoms. The molecule has 0 radical (unpaired) electrons. The first-order chi connectivity index (χ1) is 17.4. The van der Waals surface area contributed by atoms with Crippen LogP contribution in [0.15, 0.2) is 78.9 Å². The summed E-state index contributed by atoms with van der Waals surface area (Å²) in [5.41, 5.74) is 5.53. The van der Waals surface area contributed by atoms with Gasteiger partial charge in [-0.15, -0.1) is 0 Å². The number of allylic oxidation sites excluding steroid dienone is 1. The highest BCUT2D eigenvalue weighted by Gasteiger charge is 2.13. The molecule has 5 heteroatoms. The van der Waals surface area contributed by atoms with Crippen molar-refractivity contribution in [3.8, 4) is 11.5 Å². The number of aliphatic hydroxyl groups excluding tert-OH is 2.